The largest absolute Gasteiger partial charge is 0.483 e. The Labute approximate surface area is 146 Å². The first kappa shape index (κ1) is 18.4. The van der Waals surface area contributed by atoms with Gasteiger partial charge < -0.3 is 10.0 Å². The van der Waals surface area contributed by atoms with E-state index in [0.29, 0.717) is 0 Å². The lowest BCUT2D eigenvalue weighted by Gasteiger charge is -2.21. The smallest absolute Gasteiger partial charge is 0.290 e. The van der Waals surface area contributed by atoms with E-state index in [1.54, 1.807) is 11.3 Å². The highest BCUT2D eigenvalue weighted by Gasteiger charge is 2.23. The van der Waals surface area contributed by atoms with E-state index in [1.807, 2.05) is 6.92 Å². The third-order valence-electron chi connectivity index (χ3n) is 3.95. The van der Waals surface area contributed by atoms with Gasteiger partial charge in [0.25, 0.3) is 6.47 Å². The summed E-state index contributed by atoms with van der Waals surface area (Å²) in [6.45, 7) is 6.12. The van der Waals surface area contributed by atoms with Crippen LogP contribution in [0.25, 0.3) is 0 Å². The number of benzene rings is 1. The lowest BCUT2D eigenvalue weighted by molar-refractivity contribution is -0.122. The van der Waals surface area contributed by atoms with Crippen LogP contribution in [0.4, 0.5) is 5.69 Å². The van der Waals surface area contributed by atoms with Gasteiger partial charge in [0.05, 0.1) is 6.54 Å². The van der Waals surface area contributed by atoms with Crippen molar-refractivity contribution < 1.29 is 9.90 Å². The number of para-hydroxylation sites is 1. The predicted octanol–water partition coefficient (Wildman–Crippen LogP) is 2.51. The molecular weight excluding hydrogens is 324 g/mol. The highest BCUT2D eigenvalue weighted by atomic mass is 32.1. The summed E-state index contributed by atoms with van der Waals surface area (Å²) in [5, 5.41) is 17.4. The maximum Gasteiger partial charge on any atom is 0.290 e. The van der Waals surface area contributed by atoms with Gasteiger partial charge in [0, 0.05) is 25.3 Å². The van der Waals surface area contributed by atoms with E-state index in [4.69, 9.17) is 9.90 Å². The Morgan fingerprint density at radius 3 is 2.71 bits per heavy atom. The molecule has 0 saturated carbocycles. The molecule has 0 bridgehead atoms. The zero-order valence-corrected chi connectivity index (χ0v) is 14.9. The number of hydrogen-bond acceptors (Lipinski definition) is 6. The summed E-state index contributed by atoms with van der Waals surface area (Å²) < 4.78 is 0. The van der Waals surface area contributed by atoms with Crippen molar-refractivity contribution in [2.45, 2.75) is 19.9 Å². The van der Waals surface area contributed by atoms with Crippen LogP contribution in [0.15, 0.2) is 30.3 Å². The Balaban J connectivity index is 0.000000647. The maximum atomic E-state index is 8.36. The number of carboxylic acid groups (broad SMARTS) is 1. The van der Waals surface area contributed by atoms with Gasteiger partial charge in [0.15, 0.2) is 0 Å². The molecular formula is C17H24N4O2S. The predicted molar refractivity (Wildman–Crippen MR) is 96.4 cm³/mol. The molecule has 1 aliphatic heterocycles. The molecule has 1 aliphatic rings. The lowest BCUT2D eigenvalue weighted by Crippen LogP contribution is -2.28. The fourth-order valence-electron chi connectivity index (χ4n) is 2.99. The van der Waals surface area contributed by atoms with Crippen LogP contribution < -0.4 is 4.90 Å². The van der Waals surface area contributed by atoms with Crippen molar-refractivity contribution >= 4 is 23.5 Å². The minimum absolute atomic E-state index is 0.250. The molecule has 2 aromatic rings. The fourth-order valence-corrected chi connectivity index (χ4v) is 3.78. The van der Waals surface area contributed by atoms with Gasteiger partial charge in [-0.3, -0.25) is 9.69 Å². The van der Waals surface area contributed by atoms with Crippen LogP contribution in [0.1, 0.15) is 16.4 Å². The molecule has 1 saturated heterocycles. The monoisotopic (exact) mass is 348 g/mol. The van der Waals surface area contributed by atoms with E-state index < -0.39 is 0 Å². The average Bonchev–Trinajstić information content (AvgIpc) is 3.18. The van der Waals surface area contributed by atoms with Crippen LogP contribution in [-0.4, -0.2) is 53.4 Å². The topological polar surface area (TPSA) is 69.6 Å². The molecule has 1 N–H and O–H groups in total. The van der Waals surface area contributed by atoms with Crippen LogP contribution >= 0.6 is 11.3 Å². The number of aromatic nitrogens is 2. The molecule has 1 aromatic carbocycles. The van der Waals surface area contributed by atoms with Gasteiger partial charge in [0.1, 0.15) is 10.0 Å². The van der Waals surface area contributed by atoms with Gasteiger partial charge in [0.2, 0.25) is 0 Å². The number of anilines is 1. The Bertz CT molecular complexity index is 620. The van der Waals surface area contributed by atoms with Crippen molar-refractivity contribution in [1.82, 2.24) is 15.1 Å². The van der Waals surface area contributed by atoms with Crippen molar-refractivity contribution in [2.75, 3.05) is 31.6 Å². The summed E-state index contributed by atoms with van der Waals surface area (Å²) in [4.78, 5) is 13.2. The minimum Gasteiger partial charge on any atom is -0.483 e. The van der Waals surface area contributed by atoms with E-state index in [2.05, 4.69) is 57.4 Å². The quantitative estimate of drug-likeness (QED) is 0.837. The number of rotatable bonds is 5. The molecule has 130 valence electrons. The molecule has 0 radical (unpaired) electrons. The number of carbonyl (C=O) groups is 1. The normalized spacial score (nSPS) is 16.8. The van der Waals surface area contributed by atoms with Gasteiger partial charge in [-0.1, -0.05) is 18.2 Å². The molecule has 7 heteroatoms. The van der Waals surface area contributed by atoms with E-state index in [1.165, 1.54) is 18.7 Å². The first-order valence-electron chi connectivity index (χ1n) is 7.97. The van der Waals surface area contributed by atoms with Crippen molar-refractivity contribution in [2.24, 2.45) is 5.92 Å². The number of nitrogens with zero attached hydrogens (tertiary/aromatic N) is 4. The summed E-state index contributed by atoms with van der Waals surface area (Å²) in [6, 6.07) is 10.7. The Kier molecular flexibility index (Phi) is 7.14. The molecule has 2 heterocycles. The number of aryl methyl sites for hydroxylation is 1. The first-order chi connectivity index (χ1) is 11.6. The molecule has 3 rings (SSSR count). The van der Waals surface area contributed by atoms with E-state index in [-0.39, 0.29) is 6.47 Å². The first-order valence-corrected chi connectivity index (χ1v) is 8.79. The van der Waals surface area contributed by atoms with E-state index in [9.17, 15) is 0 Å². The summed E-state index contributed by atoms with van der Waals surface area (Å²) in [6.07, 6.45) is 1.27. The lowest BCUT2D eigenvalue weighted by atomic mass is 10.1. The standard InChI is InChI=1S/C16H22N4S.CH2O2/c1-13-17-18-16(21-13)12-19(2)10-14-8-9-20(11-14)15-6-4-3-5-7-15;2-1-3/h3-7,14H,8-12H2,1-2H3;1H,(H,2,3). The molecule has 0 aliphatic carbocycles. The zero-order chi connectivity index (χ0) is 17.4. The fraction of sp³-hybridized carbons (Fsp3) is 0.471. The molecule has 1 unspecified atom stereocenters. The minimum atomic E-state index is -0.250. The summed E-state index contributed by atoms with van der Waals surface area (Å²) in [5.41, 5.74) is 1.35. The molecule has 1 fully saturated rings. The second-order valence-electron chi connectivity index (χ2n) is 5.95. The van der Waals surface area contributed by atoms with Gasteiger partial charge in [-0.2, -0.15) is 0 Å². The van der Waals surface area contributed by atoms with Crippen LogP contribution in [0, 0.1) is 12.8 Å². The Hall–Kier alpha value is -1.99. The highest BCUT2D eigenvalue weighted by Crippen LogP contribution is 2.24. The maximum absolute atomic E-state index is 8.36. The Morgan fingerprint density at radius 1 is 1.38 bits per heavy atom. The summed E-state index contributed by atoms with van der Waals surface area (Å²) in [7, 11) is 2.18. The van der Waals surface area contributed by atoms with Crippen molar-refractivity contribution in [3.63, 3.8) is 0 Å². The van der Waals surface area contributed by atoms with Gasteiger partial charge in [-0.05, 0) is 38.4 Å². The van der Waals surface area contributed by atoms with Crippen molar-refractivity contribution in [3.05, 3.63) is 40.3 Å². The molecule has 24 heavy (non-hydrogen) atoms. The van der Waals surface area contributed by atoms with E-state index in [0.717, 1.165) is 35.6 Å². The molecule has 0 spiro atoms. The molecule has 1 atom stereocenters. The highest BCUT2D eigenvalue weighted by molar-refractivity contribution is 7.11. The third kappa shape index (κ3) is 5.58. The van der Waals surface area contributed by atoms with Crippen LogP contribution in [-0.2, 0) is 11.3 Å². The van der Waals surface area contributed by atoms with Gasteiger partial charge >= 0.3 is 0 Å². The molecule has 0 amide bonds. The average molecular weight is 348 g/mol. The summed E-state index contributed by atoms with van der Waals surface area (Å²) >= 11 is 1.70. The molecule has 1 aromatic heterocycles. The van der Waals surface area contributed by atoms with Crippen LogP contribution in [0.2, 0.25) is 0 Å². The van der Waals surface area contributed by atoms with Crippen LogP contribution in [0.3, 0.4) is 0 Å². The SMILES string of the molecule is Cc1nnc(CN(C)CC2CCN(c3ccccc3)C2)s1.O=CO. The van der Waals surface area contributed by atoms with Crippen molar-refractivity contribution in [1.29, 1.82) is 0 Å². The van der Waals surface area contributed by atoms with Gasteiger partial charge in [-0.25, -0.2) is 0 Å². The summed E-state index contributed by atoms with van der Waals surface area (Å²) in [5.74, 6) is 0.740. The zero-order valence-electron chi connectivity index (χ0n) is 14.1. The van der Waals surface area contributed by atoms with E-state index >= 15 is 0 Å². The Morgan fingerprint density at radius 2 is 2.08 bits per heavy atom. The van der Waals surface area contributed by atoms with Gasteiger partial charge in [-0.15, -0.1) is 21.5 Å². The van der Waals surface area contributed by atoms with Crippen molar-refractivity contribution in [3.8, 4) is 0 Å². The van der Waals surface area contributed by atoms with Crippen LogP contribution in [0.5, 0.6) is 0 Å². The second-order valence-corrected chi connectivity index (χ2v) is 7.22. The third-order valence-corrected chi connectivity index (χ3v) is 4.77. The second kappa shape index (κ2) is 9.34. The molecule has 6 nitrogen and oxygen atoms in total. The number of hydrogen-bond donors (Lipinski definition) is 1.